The van der Waals surface area contributed by atoms with Gasteiger partial charge in [-0.05, 0) is 35.4 Å². The number of carbonyl (C=O) groups excluding carboxylic acids is 1. The fourth-order valence-electron chi connectivity index (χ4n) is 3.31. The first-order chi connectivity index (χ1) is 13.2. The molecule has 1 heterocycles. The maximum absolute atomic E-state index is 12.3. The number of cyclic esters (lactones) is 1. The van der Waals surface area contributed by atoms with Crippen molar-refractivity contribution >= 4 is 11.8 Å². The summed E-state index contributed by atoms with van der Waals surface area (Å²) in [4.78, 5) is 13.9. The molecule has 0 radical (unpaired) electrons. The molecule has 0 aliphatic carbocycles. The lowest BCUT2D eigenvalue weighted by Gasteiger charge is -2.23. The van der Waals surface area contributed by atoms with Gasteiger partial charge in [0.25, 0.3) is 0 Å². The number of aromatic hydroxyl groups is 1. The molecule has 27 heavy (non-hydrogen) atoms. The van der Waals surface area contributed by atoms with Gasteiger partial charge in [-0.1, -0.05) is 42.5 Å². The minimum atomic E-state index is -0.428. The van der Waals surface area contributed by atoms with E-state index in [2.05, 4.69) is 0 Å². The minimum Gasteiger partial charge on any atom is -0.507 e. The van der Waals surface area contributed by atoms with Crippen molar-refractivity contribution in [2.45, 2.75) is 6.04 Å². The predicted octanol–water partition coefficient (Wildman–Crippen LogP) is 4.77. The van der Waals surface area contributed by atoms with Crippen LogP contribution in [0, 0.1) is 0 Å². The minimum absolute atomic E-state index is 0.0727. The second kappa shape index (κ2) is 7.03. The van der Waals surface area contributed by atoms with E-state index in [1.54, 1.807) is 17.0 Å². The van der Waals surface area contributed by atoms with Gasteiger partial charge in [0.2, 0.25) is 0 Å². The van der Waals surface area contributed by atoms with Crippen LogP contribution in [0.4, 0.5) is 10.5 Å². The lowest BCUT2D eigenvalue weighted by atomic mass is 10.0. The molecule has 5 nitrogen and oxygen atoms in total. The Morgan fingerprint density at radius 1 is 1.00 bits per heavy atom. The highest BCUT2D eigenvalue weighted by molar-refractivity contribution is 5.91. The monoisotopic (exact) mass is 361 g/mol. The predicted molar refractivity (Wildman–Crippen MR) is 103 cm³/mol. The van der Waals surface area contributed by atoms with Crippen molar-refractivity contribution in [1.82, 2.24) is 0 Å². The van der Waals surface area contributed by atoms with E-state index in [0.29, 0.717) is 11.3 Å². The number of nitrogens with zero attached hydrogens (tertiary/aromatic N) is 1. The number of methoxy groups -OCH3 is 1. The van der Waals surface area contributed by atoms with Crippen molar-refractivity contribution in [3.63, 3.8) is 0 Å². The van der Waals surface area contributed by atoms with Crippen LogP contribution >= 0.6 is 0 Å². The van der Waals surface area contributed by atoms with Gasteiger partial charge in [0.15, 0.2) is 0 Å². The summed E-state index contributed by atoms with van der Waals surface area (Å²) in [5.41, 5.74) is 3.51. The zero-order chi connectivity index (χ0) is 18.8. The number of carbonyl (C=O) groups is 1. The van der Waals surface area contributed by atoms with Gasteiger partial charge in [0, 0.05) is 17.3 Å². The quantitative estimate of drug-likeness (QED) is 0.727. The number of ether oxygens (including phenoxy) is 2. The van der Waals surface area contributed by atoms with Crippen LogP contribution in [0.15, 0.2) is 72.8 Å². The van der Waals surface area contributed by atoms with Crippen molar-refractivity contribution in [2.24, 2.45) is 0 Å². The third-order valence-corrected chi connectivity index (χ3v) is 4.72. The molecule has 0 aromatic heterocycles. The molecule has 1 fully saturated rings. The molecule has 4 rings (SSSR count). The number of anilines is 1. The van der Waals surface area contributed by atoms with E-state index >= 15 is 0 Å². The number of rotatable bonds is 4. The van der Waals surface area contributed by atoms with Gasteiger partial charge in [0.05, 0.1) is 7.11 Å². The van der Waals surface area contributed by atoms with Gasteiger partial charge < -0.3 is 14.6 Å². The molecule has 1 aliphatic heterocycles. The number of amides is 1. The zero-order valence-electron chi connectivity index (χ0n) is 14.8. The molecule has 1 saturated heterocycles. The van der Waals surface area contributed by atoms with Crippen molar-refractivity contribution < 1.29 is 19.4 Å². The summed E-state index contributed by atoms with van der Waals surface area (Å²) >= 11 is 0. The summed E-state index contributed by atoms with van der Waals surface area (Å²) in [6.45, 7) is 0.180. The zero-order valence-corrected chi connectivity index (χ0v) is 14.8. The third kappa shape index (κ3) is 3.19. The molecule has 1 unspecified atom stereocenters. The van der Waals surface area contributed by atoms with E-state index in [0.717, 1.165) is 16.8 Å². The molecular weight excluding hydrogens is 342 g/mol. The average molecular weight is 361 g/mol. The topological polar surface area (TPSA) is 59.0 Å². The Kier molecular flexibility index (Phi) is 4.42. The second-order valence-electron chi connectivity index (χ2n) is 6.30. The summed E-state index contributed by atoms with van der Waals surface area (Å²) in [5, 5.41) is 10.4. The van der Waals surface area contributed by atoms with E-state index < -0.39 is 12.1 Å². The fraction of sp³-hybridized carbons (Fsp3) is 0.136. The fourth-order valence-corrected chi connectivity index (χ4v) is 3.31. The molecule has 136 valence electrons. The summed E-state index contributed by atoms with van der Waals surface area (Å²) in [7, 11) is 1.54. The molecule has 1 atom stereocenters. The summed E-state index contributed by atoms with van der Waals surface area (Å²) in [6, 6.07) is 22.4. The molecular formula is C22H19NO4. The second-order valence-corrected chi connectivity index (χ2v) is 6.30. The largest absolute Gasteiger partial charge is 0.507 e. The van der Waals surface area contributed by atoms with Crippen LogP contribution < -0.4 is 9.64 Å². The first-order valence-electron chi connectivity index (χ1n) is 8.66. The highest BCUT2D eigenvalue weighted by Crippen LogP contribution is 2.38. The normalized spacial score (nSPS) is 16.3. The Hall–Kier alpha value is -3.47. The summed E-state index contributed by atoms with van der Waals surface area (Å²) < 4.78 is 10.4. The van der Waals surface area contributed by atoms with Gasteiger partial charge in [-0.15, -0.1) is 0 Å². The highest BCUT2D eigenvalue weighted by atomic mass is 16.6. The van der Waals surface area contributed by atoms with Crippen molar-refractivity contribution in [3.8, 4) is 22.6 Å². The van der Waals surface area contributed by atoms with Crippen LogP contribution in [-0.2, 0) is 4.74 Å². The molecule has 1 N–H and O–H groups in total. The van der Waals surface area contributed by atoms with Crippen LogP contribution in [0.2, 0.25) is 0 Å². The Morgan fingerprint density at radius 2 is 1.70 bits per heavy atom. The van der Waals surface area contributed by atoms with Crippen LogP contribution in [0.3, 0.4) is 0 Å². The maximum atomic E-state index is 12.3. The molecule has 3 aromatic rings. The number of phenols is 1. The van der Waals surface area contributed by atoms with Crippen molar-refractivity contribution in [3.05, 3.63) is 78.4 Å². The van der Waals surface area contributed by atoms with Crippen LogP contribution in [0.25, 0.3) is 11.1 Å². The number of benzene rings is 3. The lowest BCUT2D eigenvalue weighted by molar-refractivity contribution is 0.178. The SMILES string of the molecule is COc1ccc(C2COC(=O)N2c2ccc(-c3ccccc3)cc2)c(O)c1. The first kappa shape index (κ1) is 17.0. The average Bonchev–Trinajstić information content (AvgIpc) is 3.09. The van der Waals surface area contributed by atoms with Gasteiger partial charge in [-0.2, -0.15) is 0 Å². The van der Waals surface area contributed by atoms with Crippen molar-refractivity contribution in [2.75, 3.05) is 18.6 Å². The Morgan fingerprint density at radius 3 is 2.37 bits per heavy atom. The summed E-state index contributed by atoms with van der Waals surface area (Å²) in [5.74, 6) is 0.629. The molecule has 0 bridgehead atoms. The molecule has 5 heteroatoms. The third-order valence-electron chi connectivity index (χ3n) is 4.72. The van der Waals surface area contributed by atoms with E-state index in [-0.39, 0.29) is 12.4 Å². The smallest absolute Gasteiger partial charge is 0.415 e. The number of hydrogen-bond donors (Lipinski definition) is 1. The van der Waals surface area contributed by atoms with E-state index in [1.165, 1.54) is 13.2 Å². The van der Waals surface area contributed by atoms with E-state index in [1.807, 2.05) is 54.6 Å². The van der Waals surface area contributed by atoms with Crippen LogP contribution in [-0.4, -0.2) is 24.9 Å². The summed E-state index contributed by atoms with van der Waals surface area (Å²) in [6.07, 6.45) is -0.428. The Bertz CT molecular complexity index is 954. The number of phenolic OH excluding ortho intramolecular Hbond substituents is 1. The van der Waals surface area contributed by atoms with Crippen molar-refractivity contribution in [1.29, 1.82) is 0 Å². The van der Waals surface area contributed by atoms with Gasteiger partial charge in [0.1, 0.15) is 24.1 Å². The Balaban J connectivity index is 1.66. The molecule has 0 saturated carbocycles. The van der Waals surface area contributed by atoms with Crippen LogP contribution in [0.1, 0.15) is 11.6 Å². The van der Waals surface area contributed by atoms with E-state index in [9.17, 15) is 9.90 Å². The lowest BCUT2D eigenvalue weighted by Crippen LogP contribution is -2.27. The standard InChI is InChI=1S/C22H19NO4/c1-26-18-11-12-19(21(24)13-18)20-14-27-22(25)23(20)17-9-7-16(8-10-17)15-5-3-2-4-6-15/h2-13,20,24H,14H2,1H3. The molecule has 1 aliphatic rings. The highest BCUT2D eigenvalue weighted by Gasteiger charge is 2.36. The Labute approximate surface area is 157 Å². The molecule has 3 aromatic carbocycles. The van der Waals surface area contributed by atoms with E-state index in [4.69, 9.17) is 9.47 Å². The molecule has 0 spiro atoms. The van der Waals surface area contributed by atoms with Crippen LogP contribution in [0.5, 0.6) is 11.5 Å². The molecule has 1 amide bonds. The van der Waals surface area contributed by atoms with Gasteiger partial charge >= 0.3 is 6.09 Å². The first-order valence-corrected chi connectivity index (χ1v) is 8.66. The van der Waals surface area contributed by atoms with Gasteiger partial charge in [-0.25, -0.2) is 4.79 Å². The van der Waals surface area contributed by atoms with Gasteiger partial charge in [-0.3, -0.25) is 4.90 Å². The number of hydrogen-bond acceptors (Lipinski definition) is 4. The maximum Gasteiger partial charge on any atom is 0.415 e.